The van der Waals surface area contributed by atoms with Crippen molar-refractivity contribution in [2.45, 2.75) is 13.0 Å². The molecule has 7 heteroatoms. The number of rotatable bonds is 5. The van der Waals surface area contributed by atoms with E-state index in [1.165, 1.54) is 10.8 Å². The summed E-state index contributed by atoms with van der Waals surface area (Å²) in [4.78, 5) is 17.2. The van der Waals surface area contributed by atoms with Crippen LogP contribution in [0, 0.1) is 0 Å². The molecular formula is C28H31N5O2. The molecule has 1 aliphatic heterocycles. The van der Waals surface area contributed by atoms with Crippen molar-refractivity contribution in [1.29, 1.82) is 0 Å². The topological polar surface area (TPSA) is 62.6 Å². The minimum atomic E-state index is -0.0732. The summed E-state index contributed by atoms with van der Waals surface area (Å²) in [5.74, 6) is 0.819. The van der Waals surface area contributed by atoms with Crippen molar-refractivity contribution in [2.75, 3.05) is 38.2 Å². The number of aryl methyl sites for hydroxylation is 1. The lowest BCUT2D eigenvalue weighted by Crippen LogP contribution is -2.52. The zero-order chi connectivity index (χ0) is 24.4. The van der Waals surface area contributed by atoms with Crippen molar-refractivity contribution < 1.29 is 9.53 Å². The van der Waals surface area contributed by atoms with Crippen molar-refractivity contribution in [3.8, 4) is 16.9 Å². The molecule has 5 rings (SSSR count). The fraction of sp³-hybridized carbons (Fsp3) is 0.286. The number of urea groups is 1. The Kier molecular flexibility index (Phi) is 6.31. The summed E-state index contributed by atoms with van der Waals surface area (Å²) in [6.07, 6.45) is 3.82. The molecule has 0 unspecified atom stereocenters. The first-order valence-electron chi connectivity index (χ1n) is 12.0. The maximum Gasteiger partial charge on any atom is 0.317 e. The smallest absolute Gasteiger partial charge is 0.317 e. The molecule has 0 spiro atoms. The average Bonchev–Trinajstić information content (AvgIpc) is 3.33. The summed E-state index contributed by atoms with van der Waals surface area (Å²) >= 11 is 0. The third-order valence-corrected chi connectivity index (χ3v) is 6.76. The number of piperazine rings is 1. The number of fused-ring (bicyclic) bond motifs is 1. The SMILES string of the molecule is COc1cc(N2CCN(C(=O)N[C@@H](C)c3cccc4ccccc34)CC2)ccc1-c1cnn(C)c1. The van der Waals surface area contributed by atoms with Gasteiger partial charge in [-0.1, -0.05) is 42.5 Å². The monoisotopic (exact) mass is 469 g/mol. The van der Waals surface area contributed by atoms with E-state index >= 15 is 0 Å². The molecule has 0 aliphatic carbocycles. The predicted molar refractivity (Wildman–Crippen MR) is 140 cm³/mol. The Morgan fingerprint density at radius 1 is 1.03 bits per heavy atom. The molecule has 1 N–H and O–H groups in total. The Morgan fingerprint density at radius 3 is 2.54 bits per heavy atom. The van der Waals surface area contributed by atoms with E-state index < -0.39 is 0 Å². The molecule has 1 fully saturated rings. The van der Waals surface area contributed by atoms with Crippen LogP contribution in [0.4, 0.5) is 10.5 Å². The minimum Gasteiger partial charge on any atom is -0.496 e. The summed E-state index contributed by atoms with van der Waals surface area (Å²) in [5.41, 5.74) is 4.28. The zero-order valence-electron chi connectivity index (χ0n) is 20.4. The van der Waals surface area contributed by atoms with Gasteiger partial charge in [-0.3, -0.25) is 4.68 Å². The Bertz CT molecular complexity index is 1330. The molecule has 1 aliphatic rings. The molecule has 2 amide bonds. The summed E-state index contributed by atoms with van der Waals surface area (Å²) < 4.78 is 7.46. The molecule has 35 heavy (non-hydrogen) atoms. The highest BCUT2D eigenvalue weighted by Crippen LogP contribution is 2.34. The second kappa shape index (κ2) is 9.70. The van der Waals surface area contributed by atoms with Crippen LogP contribution in [0.1, 0.15) is 18.5 Å². The van der Waals surface area contributed by atoms with Crippen LogP contribution in [-0.4, -0.2) is 54.0 Å². The molecule has 1 saturated heterocycles. The standard InChI is InChI=1S/C28H31N5O2/c1-20(24-10-6-8-21-7-4-5-9-25(21)24)30-28(34)33-15-13-32(14-16-33)23-11-12-26(27(17-23)35-3)22-18-29-31(2)19-22/h4-12,17-20H,13-16H2,1-3H3,(H,30,34)/t20-/m0/s1. The van der Waals surface area contributed by atoms with E-state index in [0.717, 1.165) is 41.2 Å². The molecule has 4 aromatic rings. The molecule has 2 heterocycles. The van der Waals surface area contributed by atoms with Gasteiger partial charge in [0, 0.05) is 62.3 Å². The first kappa shape index (κ1) is 22.8. The number of ether oxygens (including phenoxy) is 1. The van der Waals surface area contributed by atoms with Gasteiger partial charge in [0.15, 0.2) is 0 Å². The van der Waals surface area contributed by atoms with Gasteiger partial charge in [0.2, 0.25) is 0 Å². The number of aromatic nitrogens is 2. The number of carbonyl (C=O) groups excluding carboxylic acids is 1. The Hall–Kier alpha value is -4.00. The molecule has 0 bridgehead atoms. The van der Waals surface area contributed by atoms with E-state index in [0.29, 0.717) is 13.1 Å². The van der Waals surface area contributed by atoms with Gasteiger partial charge in [0.25, 0.3) is 0 Å². The highest BCUT2D eigenvalue weighted by molar-refractivity contribution is 5.86. The Balaban J connectivity index is 1.22. The van der Waals surface area contributed by atoms with E-state index in [-0.39, 0.29) is 12.1 Å². The van der Waals surface area contributed by atoms with Gasteiger partial charge in [-0.2, -0.15) is 5.10 Å². The normalized spacial score (nSPS) is 14.7. The minimum absolute atomic E-state index is 0.0189. The number of nitrogens with one attached hydrogen (secondary N) is 1. The van der Waals surface area contributed by atoms with E-state index in [2.05, 4.69) is 57.8 Å². The van der Waals surface area contributed by atoms with Crippen molar-refractivity contribution in [3.63, 3.8) is 0 Å². The number of hydrogen-bond donors (Lipinski definition) is 1. The van der Waals surface area contributed by atoms with Crippen LogP contribution in [0.15, 0.2) is 73.1 Å². The lowest BCUT2D eigenvalue weighted by atomic mass is 10.00. The van der Waals surface area contributed by atoms with Crippen LogP contribution >= 0.6 is 0 Å². The summed E-state index contributed by atoms with van der Waals surface area (Å²) in [6.45, 7) is 4.92. The maximum atomic E-state index is 13.0. The third kappa shape index (κ3) is 4.67. The second-order valence-electron chi connectivity index (χ2n) is 9.00. The highest BCUT2D eigenvalue weighted by Gasteiger charge is 2.24. The molecule has 1 atom stereocenters. The van der Waals surface area contributed by atoms with Crippen molar-refractivity contribution >= 4 is 22.5 Å². The number of amides is 2. The van der Waals surface area contributed by atoms with Gasteiger partial charge in [0.1, 0.15) is 5.75 Å². The summed E-state index contributed by atoms with van der Waals surface area (Å²) in [7, 11) is 3.60. The van der Waals surface area contributed by atoms with Gasteiger partial charge in [0.05, 0.1) is 19.3 Å². The first-order chi connectivity index (χ1) is 17.0. The third-order valence-electron chi connectivity index (χ3n) is 6.76. The fourth-order valence-corrected chi connectivity index (χ4v) is 4.83. The van der Waals surface area contributed by atoms with Gasteiger partial charge in [-0.25, -0.2) is 4.79 Å². The van der Waals surface area contributed by atoms with E-state index in [9.17, 15) is 4.79 Å². The van der Waals surface area contributed by atoms with Crippen LogP contribution in [-0.2, 0) is 7.05 Å². The van der Waals surface area contributed by atoms with E-state index in [1.54, 1.807) is 11.8 Å². The molecule has 0 saturated carbocycles. The van der Waals surface area contributed by atoms with Crippen LogP contribution in [0.25, 0.3) is 21.9 Å². The number of methoxy groups -OCH3 is 1. The number of nitrogens with zero attached hydrogens (tertiary/aromatic N) is 4. The van der Waals surface area contributed by atoms with Crippen LogP contribution < -0.4 is 15.0 Å². The van der Waals surface area contributed by atoms with Gasteiger partial charge >= 0.3 is 6.03 Å². The van der Waals surface area contributed by atoms with E-state index in [1.807, 2.05) is 49.5 Å². The molecule has 7 nitrogen and oxygen atoms in total. The lowest BCUT2D eigenvalue weighted by Gasteiger charge is -2.36. The quantitative estimate of drug-likeness (QED) is 0.454. The number of benzene rings is 3. The van der Waals surface area contributed by atoms with Crippen LogP contribution in [0.5, 0.6) is 5.75 Å². The molecule has 0 radical (unpaired) electrons. The van der Waals surface area contributed by atoms with Gasteiger partial charge in [-0.15, -0.1) is 0 Å². The molecule has 3 aromatic carbocycles. The highest BCUT2D eigenvalue weighted by atomic mass is 16.5. The van der Waals surface area contributed by atoms with Crippen LogP contribution in [0.2, 0.25) is 0 Å². The Labute approximate surface area is 205 Å². The first-order valence-corrected chi connectivity index (χ1v) is 12.0. The summed E-state index contributed by atoms with van der Waals surface area (Å²) in [6, 6.07) is 20.7. The molecule has 180 valence electrons. The lowest BCUT2D eigenvalue weighted by molar-refractivity contribution is 0.191. The van der Waals surface area contributed by atoms with Crippen molar-refractivity contribution in [2.24, 2.45) is 7.05 Å². The predicted octanol–water partition coefficient (Wildman–Crippen LogP) is 4.84. The van der Waals surface area contributed by atoms with E-state index in [4.69, 9.17) is 4.74 Å². The zero-order valence-corrected chi connectivity index (χ0v) is 20.4. The second-order valence-corrected chi connectivity index (χ2v) is 9.00. The molecular weight excluding hydrogens is 438 g/mol. The van der Waals surface area contributed by atoms with Crippen molar-refractivity contribution in [3.05, 3.63) is 78.6 Å². The fourth-order valence-electron chi connectivity index (χ4n) is 4.83. The Morgan fingerprint density at radius 2 is 1.80 bits per heavy atom. The average molecular weight is 470 g/mol. The maximum absolute atomic E-state index is 13.0. The summed E-state index contributed by atoms with van der Waals surface area (Å²) in [5, 5.41) is 9.83. The van der Waals surface area contributed by atoms with Crippen molar-refractivity contribution in [1.82, 2.24) is 20.0 Å². The number of anilines is 1. The molecule has 1 aromatic heterocycles. The van der Waals surface area contributed by atoms with Gasteiger partial charge in [-0.05, 0) is 35.4 Å². The number of carbonyl (C=O) groups is 1. The van der Waals surface area contributed by atoms with Crippen LogP contribution in [0.3, 0.4) is 0 Å². The largest absolute Gasteiger partial charge is 0.496 e. The van der Waals surface area contributed by atoms with Gasteiger partial charge < -0.3 is 19.9 Å². The number of hydrogen-bond acceptors (Lipinski definition) is 4.